The molecule has 0 atom stereocenters. The molecule has 0 aliphatic carbocycles. The molecule has 0 spiro atoms. The first kappa shape index (κ1) is 16.3. The molecule has 0 radical (unpaired) electrons. The van der Waals surface area contributed by atoms with Crippen molar-refractivity contribution >= 4 is 32.9 Å². The van der Waals surface area contributed by atoms with Gasteiger partial charge in [0.05, 0.1) is 11.9 Å². The van der Waals surface area contributed by atoms with E-state index < -0.39 is 10.0 Å². The molecular weight excluding hydrogens is 330 g/mol. The van der Waals surface area contributed by atoms with E-state index in [2.05, 4.69) is 21.5 Å². The molecule has 1 aliphatic heterocycles. The van der Waals surface area contributed by atoms with Crippen molar-refractivity contribution in [3.05, 3.63) is 35.3 Å². The van der Waals surface area contributed by atoms with E-state index in [1.54, 1.807) is 24.4 Å². The summed E-state index contributed by atoms with van der Waals surface area (Å²) in [5.41, 5.74) is 0.491. The van der Waals surface area contributed by atoms with Gasteiger partial charge in [0.25, 0.3) is 10.0 Å². The minimum Gasteiger partial charge on any atom is -0.357 e. The van der Waals surface area contributed by atoms with Crippen molar-refractivity contribution in [1.82, 2.24) is 4.98 Å². The molecule has 5 nitrogen and oxygen atoms in total. The highest BCUT2D eigenvalue weighted by atomic mass is 32.2. The van der Waals surface area contributed by atoms with Crippen LogP contribution in [-0.4, -0.2) is 26.5 Å². The Morgan fingerprint density at radius 1 is 1.22 bits per heavy atom. The molecule has 3 rings (SSSR count). The average Bonchev–Trinajstić information content (AvgIpc) is 2.96. The lowest BCUT2D eigenvalue weighted by Crippen LogP contribution is -2.33. The van der Waals surface area contributed by atoms with Crippen LogP contribution in [0.5, 0.6) is 0 Å². The van der Waals surface area contributed by atoms with Crippen molar-refractivity contribution in [1.29, 1.82) is 0 Å². The van der Waals surface area contributed by atoms with Gasteiger partial charge in [0, 0.05) is 18.0 Å². The minimum atomic E-state index is -3.52. The maximum absolute atomic E-state index is 12.3. The number of nitrogens with one attached hydrogen (secondary N) is 1. The van der Waals surface area contributed by atoms with Gasteiger partial charge in [-0.1, -0.05) is 6.92 Å². The minimum absolute atomic E-state index is 0.323. The van der Waals surface area contributed by atoms with Gasteiger partial charge in [-0.3, -0.25) is 4.72 Å². The van der Waals surface area contributed by atoms with Crippen LogP contribution in [-0.2, 0) is 10.0 Å². The van der Waals surface area contributed by atoms with Gasteiger partial charge in [-0.25, -0.2) is 13.4 Å². The van der Waals surface area contributed by atoms with Crippen LogP contribution in [0.4, 0.5) is 11.5 Å². The zero-order valence-electron chi connectivity index (χ0n) is 13.3. The number of sulfonamides is 1. The smallest absolute Gasteiger partial charge is 0.271 e. The van der Waals surface area contributed by atoms with Crippen molar-refractivity contribution in [2.45, 2.75) is 30.9 Å². The van der Waals surface area contributed by atoms with Gasteiger partial charge in [0.15, 0.2) is 0 Å². The second-order valence-corrected chi connectivity index (χ2v) is 9.24. The van der Waals surface area contributed by atoms with E-state index in [4.69, 9.17) is 0 Å². The van der Waals surface area contributed by atoms with Crippen LogP contribution in [0, 0.1) is 12.8 Å². The van der Waals surface area contributed by atoms with Crippen LogP contribution >= 0.6 is 11.3 Å². The summed E-state index contributed by atoms with van der Waals surface area (Å²) in [5.74, 6) is 1.68. The molecule has 0 unspecified atom stereocenters. The molecule has 3 heterocycles. The lowest BCUT2D eigenvalue weighted by molar-refractivity contribution is 0.436. The normalized spacial score (nSPS) is 16.5. The molecule has 1 aliphatic rings. The molecule has 124 valence electrons. The molecule has 23 heavy (non-hydrogen) atoms. The van der Waals surface area contributed by atoms with Crippen LogP contribution in [0.1, 0.15) is 24.6 Å². The van der Waals surface area contributed by atoms with Crippen LogP contribution in [0.25, 0.3) is 0 Å². The third kappa shape index (κ3) is 3.84. The van der Waals surface area contributed by atoms with E-state index in [0.717, 1.165) is 29.7 Å². The van der Waals surface area contributed by atoms with Crippen LogP contribution in [0.2, 0.25) is 0 Å². The predicted octanol–water partition coefficient (Wildman–Crippen LogP) is 3.49. The number of piperidine rings is 1. The van der Waals surface area contributed by atoms with Crippen LogP contribution in [0.3, 0.4) is 0 Å². The number of pyridine rings is 1. The first-order valence-corrected chi connectivity index (χ1v) is 10.0. The molecule has 1 N–H and O–H groups in total. The van der Waals surface area contributed by atoms with E-state index in [9.17, 15) is 8.42 Å². The summed E-state index contributed by atoms with van der Waals surface area (Å²) < 4.78 is 27.5. The fraction of sp³-hybridized carbons (Fsp3) is 0.438. The van der Waals surface area contributed by atoms with Gasteiger partial charge in [-0.15, -0.1) is 11.3 Å². The first-order valence-electron chi connectivity index (χ1n) is 7.74. The predicted molar refractivity (Wildman–Crippen MR) is 94.7 cm³/mol. The lowest BCUT2D eigenvalue weighted by Gasteiger charge is -2.31. The molecule has 0 aromatic carbocycles. The third-order valence-corrected chi connectivity index (χ3v) is 6.96. The Hall–Kier alpha value is -1.60. The van der Waals surface area contributed by atoms with E-state index >= 15 is 0 Å². The van der Waals surface area contributed by atoms with Crippen molar-refractivity contribution in [2.75, 3.05) is 22.7 Å². The second-order valence-electron chi connectivity index (χ2n) is 6.05. The second kappa shape index (κ2) is 6.49. The topological polar surface area (TPSA) is 62.3 Å². The molecule has 0 saturated carbocycles. The Kier molecular flexibility index (Phi) is 4.59. The first-order chi connectivity index (χ1) is 10.9. The summed E-state index contributed by atoms with van der Waals surface area (Å²) in [4.78, 5) is 7.63. The molecule has 0 amide bonds. The maximum Gasteiger partial charge on any atom is 0.271 e. The fourth-order valence-electron chi connectivity index (χ4n) is 2.63. The SMILES string of the molecule is Cc1ccc(S(=O)(=O)Nc2ccc(N3CCC(C)CC3)nc2)s1. The van der Waals surface area contributed by atoms with Gasteiger partial charge in [0.2, 0.25) is 0 Å². The quantitative estimate of drug-likeness (QED) is 0.916. The average molecular weight is 351 g/mol. The van der Waals surface area contributed by atoms with Crippen LogP contribution < -0.4 is 9.62 Å². The zero-order valence-corrected chi connectivity index (χ0v) is 15.0. The number of aromatic nitrogens is 1. The maximum atomic E-state index is 12.3. The Morgan fingerprint density at radius 3 is 2.52 bits per heavy atom. The van der Waals surface area contributed by atoms with E-state index in [0.29, 0.717) is 9.90 Å². The largest absolute Gasteiger partial charge is 0.357 e. The van der Waals surface area contributed by atoms with Gasteiger partial charge in [0.1, 0.15) is 10.0 Å². The summed E-state index contributed by atoms with van der Waals surface area (Å²) in [6.45, 7) is 6.18. The van der Waals surface area contributed by atoms with E-state index in [1.165, 1.54) is 24.2 Å². The summed E-state index contributed by atoms with van der Waals surface area (Å²) in [5, 5.41) is 0. The molecule has 0 bridgehead atoms. The Balaban J connectivity index is 1.70. The summed E-state index contributed by atoms with van der Waals surface area (Å²) >= 11 is 1.26. The van der Waals surface area contributed by atoms with Crippen molar-refractivity contribution in [3.63, 3.8) is 0 Å². The number of hydrogen-bond donors (Lipinski definition) is 1. The van der Waals surface area contributed by atoms with Crippen molar-refractivity contribution < 1.29 is 8.42 Å². The number of nitrogens with zero attached hydrogens (tertiary/aromatic N) is 2. The highest BCUT2D eigenvalue weighted by Crippen LogP contribution is 2.25. The Morgan fingerprint density at radius 2 is 1.96 bits per heavy atom. The standard InChI is InChI=1S/C16H21N3O2S2/c1-12-7-9-19(10-8-12)15-5-4-14(11-17-15)18-23(20,21)16-6-3-13(2)22-16/h3-6,11-12,18H,7-10H2,1-2H3. The van der Waals surface area contributed by atoms with Crippen molar-refractivity contribution in [3.8, 4) is 0 Å². The number of anilines is 2. The zero-order chi connectivity index (χ0) is 16.4. The van der Waals surface area contributed by atoms with Gasteiger partial charge >= 0.3 is 0 Å². The highest BCUT2D eigenvalue weighted by Gasteiger charge is 2.18. The van der Waals surface area contributed by atoms with Crippen molar-refractivity contribution in [2.24, 2.45) is 5.92 Å². The number of rotatable bonds is 4. The summed E-state index contributed by atoms with van der Waals surface area (Å²) in [6, 6.07) is 7.09. The Labute approximate surface area is 141 Å². The molecule has 7 heteroatoms. The number of thiophene rings is 1. The van der Waals surface area contributed by atoms with Gasteiger partial charge in [-0.2, -0.15) is 0 Å². The lowest BCUT2D eigenvalue weighted by atomic mass is 9.99. The number of hydrogen-bond acceptors (Lipinski definition) is 5. The highest BCUT2D eigenvalue weighted by molar-refractivity contribution is 7.94. The molecule has 2 aromatic heterocycles. The molecule has 1 fully saturated rings. The number of aryl methyl sites for hydroxylation is 1. The van der Waals surface area contributed by atoms with Gasteiger partial charge in [-0.05, 0) is 49.9 Å². The third-order valence-electron chi connectivity index (χ3n) is 4.09. The van der Waals surface area contributed by atoms with E-state index in [1.807, 2.05) is 13.0 Å². The fourth-order valence-corrected chi connectivity index (χ4v) is 4.96. The monoisotopic (exact) mass is 351 g/mol. The van der Waals surface area contributed by atoms with E-state index in [-0.39, 0.29) is 0 Å². The Bertz CT molecular complexity index is 761. The van der Waals surface area contributed by atoms with Crippen LogP contribution in [0.15, 0.2) is 34.7 Å². The summed E-state index contributed by atoms with van der Waals surface area (Å²) in [6.07, 6.45) is 3.94. The van der Waals surface area contributed by atoms with Gasteiger partial charge < -0.3 is 4.90 Å². The molecule has 1 saturated heterocycles. The summed E-state index contributed by atoms with van der Waals surface area (Å²) in [7, 11) is -3.52. The molecule has 2 aromatic rings. The molecular formula is C16H21N3O2S2.